The second-order valence-electron chi connectivity index (χ2n) is 4.06. The zero-order valence-electron chi connectivity index (χ0n) is 11.3. The molecule has 0 spiro atoms. The van der Waals surface area contributed by atoms with Gasteiger partial charge in [0.2, 0.25) is 0 Å². The molecule has 0 bridgehead atoms. The number of benzene rings is 1. The summed E-state index contributed by atoms with van der Waals surface area (Å²) in [4.78, 5) is 12.0. The number of rotatable bonds is 8. The molecule has 0 aromatic heterocycles. The maximum Gasteiger partial charge on any atom is 0.251 e. The van der Waals surface area contributed by atoms with Crippen LogP contribution >= 0.6 is 11.6 Å². The van der Waals surface area contributed by atoms with E-state index in [9.17, 15) is 4.79 Å². The third-order valence-electron chi connectivity index (χ3n) is 2.62. The predicted molar refractivity (Wildman–Crippen MR) is 76.1 cm³/mol. The van der Waals surface area contributed by atoms with Gasteiger partial charge in [0.15, 0.2) is 0 Å². The Balaban J connectivity index is 2.56. The molecule has 1 aromatic rings. The third-order valence-corrected chi connectivity index (χ3v) is 2.99. The Kier molecular flexibility index (Phi) is 7.30. The largest absolute Gasteiger partial charge is 0.494 e. The van der Waals surface area contributed by atoms with Crippen LogP contribution < -0.4 is 10.1 Å². The second-order valence-corrected chi connectivity index (χ2v) is 4.37. The highest BCUT2D eigenvalue weighted by molar-refractivity contribution is 6.18. The number of carbonyl (C=O) groups excluding carboxylic acids is 1. The number of halogens is 1. The number of ether oxygens (including phenoxy) is 2. The quantitative estimate of drug-likeness (QED) is 0.747. The first kappa shape index (κ1) is 15.8. The van der Waals surface area contributed by atoms with Crippen molar-refractivity contribution >= 4 is 17.5 Å². The van der Waals surface area contributed by atoms with Gasteiger partial charge in [0, 0.05) is 31.2 Å². The molecule has 0 aliphatic heterocycles. The van der Waals surface area contributed by atoms with E-state index in [2.05, 4.69) is 5.32 Å². The summed E-state index contributed by atoms with van der Waals surface area (Å²) in [5, 5.41) is 2.88. The zero-order valence-corrected chi connectivity index (χ0v) is 12.1. The molecule has 5 heteroatoms. The summed E-state index contributed by atoms with van der Waals surface area (Å²) in [6.07, 6.45) is 0.697. The van der Waals surface area contributed by atoms with Crippen molar-refractivity contribution < 1.29 is 14.3 Å². The number of nitrogens with one attached hydrogen (secondary N) is 1. The van der Waals surface area contributed by atoms with Crippen molar-refractivity contribution in [1.82, 2.24) is 5.32 Å². The van der Waals surface area contributed by atoms with Gasteiger partial charge in [-0.15, -0.1) is 11.6 Å². The van der Waals surface area contributed by atoms with Crippen LogP contribution in [0, 0.1) is 0 Å². The van der Waals surface area contributed by atoms with E-state index in [0.29, 0.717) is 31.1 Å². The van der Waals surface area contributed by atoms with Crippen molar-refractivity contribution in [3.8, 4) is 5.75 Å². The van der Waals surface area contributed by atoms with E-state index in [1.54, 1.807) is 31.4 Å². The van der Waals surface area contributed by atoms with Crippen LogP contribution in [0.4, 0.5) is 0 Å². The standard InChI is InChI=1S/C14H20ClNO3/c1-3-19-13-6-4-11(5-7-13)14(17)16-12(10-15)8-9-18-2/h4-7,12H,3,8-10H2,1-2H3,(H,16,17). The van der Waals surface area contributed by atoms with Gasteiger partial charge in [-0.05, 0) is 37.6 Å². The van der Waals surface area contributed by atoms with Crippen LogP contribution in [0.25, 0.3) is 0 Å². The van der Waals surface area contributed by atoms with Gasteiger partial charge in [0.05, 0.1) is 6.61 Å². The smallest absolute Gasteiger partial charge is 0.251 e. The summed E-state index contributed by atoms with van der Waals surface area (Å²) in [5.74, 6) is 0.990. The van der Waals surface area contributed by atoms with E-state index in [0.717, 1.165) is 5.75 Å². The zero-order chi connectivity index (χ0) is 14.1. The maximum absolute atomic E-state index is 12.0. The van der Waals surface area contributed by atoms with E-state index >= 15 is 0 Å². The summed E-state index contributed by atoms with van der Waals surface area (Å²) < 4.78 is 10.3. The Morgan fingerprint density at radius 2 is 2.05 bits per heavy atom. The molecule has 0 saturated heterocycles. The highest BCUT2D eigenvalue weighted by atomic mass is 35.5. The fourth-order valence-corrected chi connectivity index (χ4v) is 1.82. The van der Waals surface area contributed by atoms with Gasteiger partial charge in [-0.3, -0.25) is 4.79 Å². The molecular formula is C14H20ClNO3. The van der Waals surface area contributed by atoms with Gasteiger partial charge in [-0.1, -0.05) is 0 Å². The molecule has 1 unspecified atom stereocenters. The Bertz CT molecular complexity index is 381. The molecule has 0 heterocycles. The van der Waals surface area contributed by atoms with Crippen LogP contribution in [-0.4, -0.2) is 38.2 Å². The highest BCUT2D eigenvalue weighted by Crippen LogP contribution is 2.12. The molecule has 1 atom stereocenters. The van der Waals surface area contributed by atoms with Crippen molar-refractivity contribution in [2.75, 3.05) is 26.2 Å². The number of hydrogen-bond acceptors (Lipinski definition) is 3. The molecule has 0 fully saturated rings. The summed E-state index contributed by atoms with van der Waals surface area (Å²) in [7, 11) is 1.62. The van der Waals surface area contributed by atoms with E-state index in [4.69, 9.17) is 21.1 Å². The average Bonchev–Trinajstić information content (AvgIpc) is 2.44. The molecule has 0 radical (unpaired) electrons. The second kappa shape index (κ2) is 8.77. The molecule has 4 nitrogen and oxygen atoms in total. The van der Waals surface area contributed by atoms with Crippen molar-refractivity contribution in [3.63, 3.8) is 0 Å². The topological polar surface area (TPSA) is 47.6 Å². The monoisotopic (exact) mass is 285 g/mol. The van der Waals surface area contributed by atoms with Gasteiger partial charge in [-0.2, -0.15) is 0 Å². The fraction of sp³-hybridized carbons (Fsp3) is 0.500. The molecule has 106 valence electrons. The van der Waals surface area contributed by atoms with E-state index in [1.165, 1.54) is 0 Å². The Hall–Kier alpha value is -1.26. The lowest BCUT2D eigenvalue weighted by atomic mass is 10.1. The summed E-state index contributed by atoms with van der Waals surface area (Å²) in [5.41, 5.74) is 0.594. The normalized spacial score (nSPS) is 11.9. The molecule has 19 heavy (non-hydrogen) atoms. The molecule has 1 rings (SSSR count). The lowest BCUT2D eigenvalue weighted by Gasteiger charge is -2.15. The van der Waals surface area contributed by atoms with Crippen LogP contribution in [0.15, 0.2) is 24.3 Å². The Morgan fingerprint density at radius 3 is 2.58 bits per heavy atom. The molecule has 0 aliphatic rings. The van der Waals surface area contributed by atoms with Crippen molar-refractivity contribution in [2.45, 2.75) is 19.4 Å². The minimum Gasteiger partial charge on any atom is -0.494 e. The third kappa shape index (κ3) is 5.49. The van der Waals surface area contributed by atoms with E-state index < -0.39 is 0 Å². The first-order chi connectivity index (χ1) is 9.21. The SMILES string of the molecule is CCOc1ccc(C(=O)NC(CCl)CCOC)cc1. The average molecular weight is 286 g/mol. The van der Waals surface area contributed by atoms with Gasteiger partial charge < -0.3 is 14.8 Å². The maximum atomic E-state index is 12.0. The fourth-order valence-electron chi connectivity index (χ4n) is 1.59. The van der Waals surface area contributed by atoms with E-state index in [1.807, 2.05) is 6.92 Å². The minimum absolute atomic E-state index is 0.0827. The van der Waals surface area contributed by atoms with Crippen LogP contribution in [0.2, 0.25) is 0 Å². The lowest BCUT2D eigenvalue weighted by molar-refractivity contribution is 0.0930. The molecule has 0 saturated carbocycles. The summed E-state index contributed by atoms with van der Waals surface area (Å²) in [6, 6.07) is 6.96. The molecule has 0 aliphatic carbocycles. The summed E-state index contributed by atoms with van der Waals surface area (Å²) in [6.45, 7) is 3.10. The summed E-state index contributed by atoms with van der Waals surface area (Å²) >= 11 is 5.81. The number of hydrogen-bond donors (Lipinski definition) is 1. The van der Waals surface area contributed by atoms with E-state index in [-0.39, 0.29) is 11.9 Å². The predicted octanol–water partition coefficient (Wildman–Crippen LogP) is 2.46. The van der Waals surface area contributed by atoms with Crippen LogP contribution in [0.1, 0.15) is 23.7 Å². The molecular weight excluding hydrogens is 266 g/mol. The number of amides is 1. The van der Waals surface area contributed by atoms with Crippen LogP contribution in [0.5, 0.6) is 5.75 Å². The van der Waals surface area contributed by atoms with Crippen molar-refractivity contribution in [2.24, 2.45) is 0 Å². The minimum atomic E-state index is -0.134. The highest BCUT2D eigenvalue weighted by Gasteiger charge is 2.12. The van der Waals surface area contributed by atoms with Crippen molar-refractivity contribution in [1.29, 1.82) is 0 Å². The number of methoxy groups -OCH3 is 1. The van der Waals surface area contributed by atoms with Gasteiger partial charge in [0.25, 0.3) is 5.91 Å². The Morgan fingerprint density at radius 1 is 1.37 bits per heavy atom. The lowest BCUT2D eigenvalue weighted by Crippen LogP contribution is -2.36. The first-order valence-corrected chi connectivity index (χ1v) is 6.83. The number of alkyl halides is 1. The van der Waals surface area contributed by atoms with Crippen LogP contribution in [-0.2, 0) is 4.74 Å². The molecule has 1 N–H and O–H groups in total. The van der Waals surface area contributed by atoms with Gasteiger partial charge in [-0.25, -0.2) is 0 Å². The molecule has 1 amide bonds. The Labute approximate surface area is 119 Å². The van der Waals surface area contributed by atoms with Crippen molar-refractivity contribution in [3.05, 3.63) is 29.8 Å². The van der Waals surface area contributed by atoms with Crippen LogP contribution in [0.3, 0.4) is 0 Å². The molecule has 1 aromatic carbocycles. The van der Waals surface area contributed by atoms with Gasteiger partial charge in [0.1, 0.15) is 5.75 Å². The van der Waals surface area contributed by atoms with Gasteiger partial charge >= 0.3 is 0 Å². The first-order valence-electron chi connectivity index (χ1n) is 6.29. The number of carbonyl (C=O) groups is 1.